The van der Waals surface area contributed by atoms with Gasteiger partial charge in [0.05, 0.1) is 11.6 Å². The summed E-state index contributed by atoms with van der Waals surface area (Å²) in [4.78, 5) is 24.9. The van der Waals surface area contributed by atoms with E-state index in [0.29, 0.717) is 23.2 Å². The van der Waals surface area contributed by atoms with Crippen molar-refractivity contribution in [1.29, 1.82) is 5.26 Å². The van der Waals surface area contributed by atoms with E-state index in [1.165, 1.54) is 0 Å². The smallest absolute Gasteiger partial charge is 0.251 e. The van der Waals surface area contributed by atoms with E-state index in [0.717, 1.165) is 5.75 Å². The first kappa shape index (κ1) is 18.6. The number of carbonyl (C=O) groups excluding carboxylic acids is 2. The van der Waals surface area contributed by atoms with Gasteiger partial charge in [0, 0.05) is 11.3 Å². The molecule has 2 N–H and O–H groups in total. The van der Waals surface area contributed by atoms with Crippen LogP contribution in [-0.4, -0.2) is 29.9 Å². The molecule has 0 aliphatic rings. The number of nitriles is 1. The molecule has 0 radical (unpaired) electrons. The molecule has 0 saturated carbocycles. The molecule has 0 aliphatic heterocycles. The molecule has 0 spiro atoms. The molecular weight excluding hydrogens is 334 g/mol. The topological polar surface area (TPSA) is 82.0 Å². The fourth-order valence-electron chi connectivity index (χ4n) is 2.23. The van der Waals surface area contributed by atoms with E-state index in [4.69, 9.17) is 5.26 Å². The molecular formula is C19H19N3O2S. The highest BCUT2D eigenvalue weighted by atomic mass is 32.2. The number of anilines is 1. The maximum atomic E-state index is 12.6. The second-order valence-corrected chi connectivity index (χ2v) is 6.34. The normalized spacial score (nSPS) is 11.2. The summed E-state index contributed by atoms with van der Waals surface area (Å²) in [7, 11) is 0. The maximum Gasteiger partial charge on any atom is 0.251 e. The summed E-state index contributed by atoms with van der Waals surface area (Å²) in [5.74, 6) is 0.159. The van der Waals surface area contributed by atoms with E-state index in [-0.39, 0.29) is 11.8 Å². The molecule has 5 nitrogen and oxygen atoms in total. The van der Waals surface area contributed by atoms with Crippen LogP contribution in [0.15, 0.2) is 54.6 Å². The molecule has 6 heteroatoms. The van der Waals surface area contributed by atoms with Crippen LogP contribution < -0.4 is 10.6 Å². The van der Waals surface area contributed by atoms with Gasteiger partial charge in [-0.25, -0.2) is 0 Å². The molecule has 1 atom stereocenters. The van der Waals surface area contributed by atoms with Gasteiger partial charge in [-0.2, -0.15) is 17.0 Å². The summed E-state index contributed by atoms with van der Waals surface area (Å²) in [6.45, 7) is 0. The summed E-state index contributed by atoms with van der Waals surface area (Å²) < 4.78 is 0. The summed E-state index contributed by atoms with van der Waals surface area (Å²) in [6, 6.07) is 16.9. The number of amides is 2. The zero-order valence-corrected chi connectivity index (χ0v) is 14.7. The van der Waals surface area contributed by atoms with E-state index in [1.807, 2.05) is 18.4 Å². The zero-order valence-electron chi connectivity index (χ0n) is 13.9. The molecule has 128 valence electrons. The van der Waals surface area contributed by atoms with Crippen LogP contribution in [-0.2, 0) is 4.79 Å². The van der Waals surface area contributed by atoms with E-state index in [1.54, 1.807) is 60.3 Å². The highest BCUT2D eigenvalue weighted by Crippen LogP contribution is 2.12. The van der Waals surface area contributed by atoms with Crippen LogP contribution >= 0.6 is 11.8 Å². The predicted octanol–water partition coefficient (Wildman–Crippen LogP) is 3.05. The van der Waals surface area contributed by atoms with Gasteiger partial charge in [-0.1, -0.05) is 24.3 Å². The second kappa shape index (κ2) is 9.50. The number of hydrogen-bond donors (Lipinski definition) is 2. The minimum absolute atomic E-state index is 0.285. The molecule has 2 aromatic rings. The first-order chi connectivity index (χ1) is 12.1. The third-order valence-corrected chi connectivity index (χ3v) is 4.17. The Morgan fingerprint density at radius 1 is 1.16 bits per heavy atom. The summed E-state index contributed by atoms with van der Waals surface area (Å²) >= 11 is 1.61. The second-order valence-electron chi connectivity index (χ2n) is 5.36. The SMILES string of the molecule is CSCCC(NC(=O)c1ccccc1)C(=O)Nc1cccc(C#N)c1. The minimum atomic E-state index is -0.647. The Kier molecular flexibility index (Phi) is 7.05. The first-order valence-corrected chi connectivity index (χ1v) is 9.19. The quantitative estimate of drug-likeness (QED) is 0.801. The molecule has 0 heterocycles. The van der Waals surface area contributed by atoms with Gasteiger partial charge >= 0.3 is 0 Å². The van der Waals surface area contributed by atoms with Gasteiger partial charge in [-0.05, 0) is 48.8 Å². The van der Waals surface area contributed by atoms with E-state index < -0.39 is 6.04 Å². The van der Waals surface area contributed by atoms with Crippen LogP contribution in [0.5, 0.6) is 0 Å². The third-order valence-electron chi connectivity index (χ3n) is 3.53. The van der Waals surface area contributed by atoms with Crippen molar-refractivity contribution in [3.05, 3.63) is 65.7 Å². The first-order valence-electron chi connectivity index (χ1n) is 7.80. The maximum absolute atomic E-state index is 12.6. The number of nitrogens with one attached hydrogen (secondary N) is 2. The van der Waals surface area contributed by atoms with Gasteiger partial charge in [0.15, 0.2) is 0 Å². The van der Waals surface area contributed by atoms with Gasteiger partial charge in [-0.15, -0.1) is 0 Å². The Hall–Kier alpha value is -2.78. The van der Waals surface area contributed by atoms with Crippen molar-refractivity contribution in [2.75, 3.05) is 17.3 Å². The highest BCUT2D eigenvalue weighted by Gasteiger charge is 2.21. The molecule has 0 saturated heterocycles. The molecule has 0 bridgehead atoms. The Labute approximate surface area is 151 Å². The summed E-state index contributed by atoms with van der Waals surface area (Å²) in [5, 5.41) is 14.5. The van der Waals surface area contributed by atoms with E-state index in [9.17, 15) is 9.59 Å². The summed E-state index contributed by atoms with van der Waals surface area (Å²) in [5.41, 5.74) is 1.51. The van der Waals surface area contributed by atoms with Crippen molar-refractivity contribution in [2.45, 2.75) is 12.5 Å². The van der Waals surface area contributed by atoms with Crippen LogP contribution in [0.1, 0.15) is 22.3 Å². The minimum Gasteiger partial charge on any atom is -0.340 e. The Balaban J connectivity index is 2.08. The van der Waals surface area contributed by atoms with Gasteiger partial charge in [0.25, 0.3) is 5.91 Å². The fraction of sp³-hybridized carbons (Fsp3) is 0.211. The van der Waals surface area contributed by atoms with Gasteiger partial charge in [-0.3, -0.25) is 9.59 Å². The van der Waals surface area contributed by atoms with Gasteiger partial charge in [0.2, 0.25) is 5.91 Å². The Bertz CT molecular complexity index is 772. The number of nitrogens with zero attached hydrogens (tertiary/aromatic N) is 1. The number of thioether (sulfide) groups is 1. The molecule has 2 amide bonds. The van der Waals surface area contributed by atoms with Crippen molar-refractivity contribution < 1.29 is 9.59 Å². The van der Waals surface area contributed by atoms with Crippen molar-refractivity contribution in [3.63, 3.8) is 0 Å². The standard InChI is InChI=1S/C19H19N3O2S/c1-25-11-10-17(22-18(23)15-7-3-2-4-8-15)19(24)21-16-9-5-6-14(12-16)13-20/h2-9,12,17H,10-11H2,1H3,(H,21,24)(H,22,23). The van der Waals surface area contributed by atoms with Crippen LogP contribution in [0.2, 0.25) is 0 Å². The monoisotopic (exact) mass is 353 g/mol. The third kappa shape index (κ3) is 5.66. The number of benzene rings is 2. The molecule has 0 fully saturated rings. The largest absolute Gasteiger partial charge is 0.340 e. The molecule has 1 unspecified atom stereocenters. The molecule has 2 aromatic carbocycles. The van der Waals surface area contributed by atoms with Crippen molar-refractivity contribution in [3.8, 4) is 6.07 Å². The van der Waals surface area contributed by atoms with Crippen LogP contribution in [0.3, 0.4) is 0 Å². The summed E-state index contributed by atoms with van der Waals surface area (Å²) in [6.07, 6.45) is 2.47. The number of rotatable bonds is 7. The lowest BCUT2D eigenvalue weighted by Crippen LogP contribution is -2.44. The van der Waals surface area contributed by atoms with Gasteiger partial charge < -0.3 is 10.6 Å². The number of hydrogen-bond acceptors (Lipinski definition) is 4. The van der Waals surface area contributed by atoms with Crippen molar-refractivity contribution >= 4 is 29.3 Å². The molecule has 0 aliphatic carbocycles. The lowest BCUT2D eigenvalue weighted by atomic mass is 10.1. The average molecular weight is 353 g/mol. The van der Waals surface area contributed by atoms with E-state index >= 15 is 0 Å². The fourth-order valence-corrected chi connectivity index (χ4v) is 2.70. The lowest BCUT2D eigenvalue weighted by Gasteiger charge is -2.18. The van der Waals surface area contributed by atoms with Crippen molar-refractivity contribution in [1.82, 2.24) is 5.32 Å². The van der Waals surface area contributed by atoms with Crippen LogP contribution in [0.25, 0.3) is 0 Å². The van der Waals surface area contributed by atoms with Crippen LogP contribution in [0.4, 0.5) is 5.69 Å². The highest BCUT2D eigenvalue weighted by molar-refractivity contribution is 7.98. The van der Waals surface area contributed by atoms with Crippen LogP contribution in [0, 0.1) is 11.3 Å². The molecule has 2 rings (SSSR count). The Morgan fingerprint density at radius 2 is 1.92 bits per heavy atom. The average Bonchev–Trinajstić information content (AvgIpc) is 2.65. The zero-order chi connectivity index (χ0) is 18.1. The predicted molar refractivity (Wildman–Crippen MR) is 100 cm³/mol. The van der Waals surface area contributed by atoms with Crippen molar-refractivity contribution in [2.24, 2.45) is 0 Å². The van der Waals surface area contributed by atoms with Gasteiger partial charge in [0.1, 0.15) is 6.04 Å². The lowest BCUT2D eigenvalue weighted by molar-refractivity contribution is -0.118. The number of carbonyl (C=O) groups is 2. The Morgan fingerprint density at radius 3 is 2.60 bits per heavy atom. The molecule has 25 heavy (non-hydrogen) atoms. The van der Waals surface area contributed by atoms with E-state index in [2.05, 4.69) is 10.6 Å². The molecule has 0 aromatic heterocycles.